The fourth-order valence-electron chi connectivity index (χ4n) is 2.33. The lowest BCUT2D eigenvalue weighted by Gasteiger charge is -2.26. The minimum atomic E-state index is -0.0792. The van der Waals surface area contributed by atoms with Gasteiger partial charge in [-0.15, -0.1) is 0 Å². The number of hydrogen-bond acceptors (Lipinski definition) is 4. The number of carbonyl (C=O) groups is 2. The summed E-state index contributed by atoms with van der Waals surface area (Å²) in [6, 6.07) is 3.62. The number of aldehydes is 1. The highest BCUT2D eigenvalue weighted by atomic mass is 35.5. The molecule has 0 unspecified atom stereocenters. The number of hydrogen-bond donors (Lipinski definition) is 1. The monoisotopic (exact) mass is 251 g/mol. The number of halogens is 1. The van der Waals surface area contributed by atoms with Gasteiger partial charge in [0.05, 0.1) is 41.8 Å². The third kappa shape index (κ3) is 1.46. The Morgan fingerprint density at radius 1 is 1.47 bits per heavy atom. The van der Waals surface area contributed by atoms with E-state index in [1.54, 1.807) is 6.07 Å². The van der Waals surface area contributed by atoms with Gasteiger partial charge in [0, 0.05) is 0 Å². The summed E-state index contributed by atoms with van der Waals surface area (Å²) >= 11 is 6.07. The normalized spacial score (nSPS) is 16.9. The van der Waals surface area contributed by atoms with Crippen LogP contribution in [0.5, 0.6) is 0 Å². The maximum Gasteiger partial charge on any atom is 0.244 e. The Kier molecular flexibility index (Phi) is 2.22. The van der Waals surface area contributed by atoms with Crippen LogP contribution >= 0.6 is 11.6 Å². The SMILES string of the molecule is O=CCN1CN2CC(=O)Nc3c(Cl)ccc1c32. The predicted molar refractivity (Wildman–Crippen MR) is 65.7 cm³/mol. The molecule has 0 atom stereocenters. The predicted octanol–water partition coefficient (Wildman–Crippen LogP) is 1.07. The number of rotatable bonds is 2. The molecule has 6 heteroatoms. The minimum Gasteiger partial charge on any atom is -0.345 e. The maximum absolute atomic E-state index is 11.5. The second kappa shape index (κ2) is 3.63. The molecule has 0 saturated carbocycles. The van der Waals surface area contributed by atoms with E-state index in [0.29, 0.717) is 30.5 Å². The van der Waals surface area contributed by atoms with Gasteiger partial charge in [0.1, 0.15) is 6.29 Å². The lowest BCUT2D eigenvalue weighted by molar-refractivity contribution is -0.115. The van der Waals surface area contributed by atoms with Crippen molar-refractivity contribution in [2.75, 3.05) is 34.9 Å². The molecule has 2 aliphatic heterocycles. The summed E-state index contributed by atoms with van der Waals surface area (Å²) < 4.78 is 0. The van der Waals surface area contributed by atoms with E-state index in [1.165, 1.54) is 0 Å². The molecule has 3 rings (SSSR count). The summed E-state index contributed by atoms with van der Waals surface area (Å²) in [7, 11) is 0. The van der Waals surface area contributed by atoms with E-state index >= 15 is 0 Å². The van der Waals surface area contributed by atoms with E-state index in [2.05, 4.69) is 5.32 Å². The molecular formula is C11H10ClN3O2. The van der Waals surface area contributed by atoms with Crippen LogP contribution in [-0.4, -0.2) is 32.0 Å². The van der Waals surface area contributed by atoms with Crippen LogP contribution in [0, 0.1) is 0 Å². The first kappa shape index (κ1) is 10.4. The van der Waals surface area contributed by atoms with Crippen molar-refractivity contribution in [1.29, 1.82) is 0 Å². The van der Waals surface area contributed by atoms with E-state index in [0.717, 1.165) is 17.7 Å². The maximum atomic E-state index is 11.5. The Bertz CT molecular complexity index is 518. The number of nitrogens with one attached hydrogen (secondary N) is 1. The van der Waals surface area contributed by atoms with Crippen LogP contribution in [0.1, 0.15) is 0 Å². The van der Waals surface area contributed by atoms with Gasteiger partial charge in [-0.2, -0.15) is 0 Å². The summed E-state index contributed by atoms with van der Waals surface area (Å²) in [5.41, 5.74) is 2.50. The first-order chi connectivity index (χ1) is 8.20. The molecule has 1 aromatic rings. The molecule has 0 aromatic heterocycles. The standard InChI is InChI=1S/C11H10ClN3O2/c12-7-1-2-8-11-10(7)13-9(17)5-15(11)6-14(8)3-4-16/h1-2,4H,3,5-6H2,(H,13,17). The lowest BCUT2D eigenvalue weighted by atomic mass is 10.2. The van der Waals surface area contributed by atoms with Gasteiger partial charge in [-0.1, -0.05) is 11.6 Å². The Morgan fingerprint density at radius 2 is 2.29 bits per heavy atom. The first-order valence-electron chi connectivity index (χ1n) is 5.26. The molecular weight excluding hydrogens is 242 g/mol. The average Bonchev–Trinajstić information content (AvgIpc) is 2.62. The molecule has 88 valence electrons. The van der Waals surface area contributed by atoms with E-state index < -0.39 is 0 Å². The quantitative estimate of drug-likeness (QED) is 0.799. The zero-order chi connectivity index (χ0) is 12.0. The fraction of sp³-hybridized carbons (Fsp3) is 0.273. The van der Waals surface area contributed by atoms with Gasteiger partial charge in [0.15, 0.2) is 0 Å². The molecule has 1 N–H and O–H groups in total. The van der Waals surface area contributed by atoms with E-state index in [4.69, 9.17) is 11.6 Å². The Balaban J connectivity index is 2.14. The number of nitrogens with zero attached hydrogens (tertiary/aromatic N) is 2. The van der Waals surface area contributed by atoms with Crippen molar-refractivity contribution >= 4 is 40.9 Å². The van der Waals surface area contributed by atoms with Crippen LogP contribution in [0.4, 0.5) is 17.1 Å². The topological polar surface area (TPSA) is 52.7 Å². The lowest BCUT2D eigenvalue weighted by Crippen LogP contribution is -2.39. The van der Waals surface area contributed by atoms with Crippen LogP contribution in [0.15, 0.2) is 12.1 Å². The zero-order valence-electron chi connectivity index (χ0n) is 8.94. The smallest absolute Gasteiger partial charge is 0.244 e. The number of benzene rings is 1. The highest BCUT2D eigenvalue weighted by Crippen LogP contribution is 2.46. The highest BCUT2D eigenvalue weighted by Gasteiger charge is 2.34. The van der Waals surface area contributed by atoms with Crippen molar-refractivity contribution in [1.82, 2.24) is 0 Å². The summed E-state index contributed by atoms with van der Waals surface area (Å²) in [6.07, 6.45) is 0.856. The summed E-state index contributed by atoms with van der Waals surface area (Å²) in [5, 5.41) is 3.30. The van der Waals surface area contributed by atoms with Gasteiger partial charge in [-0.3, -0.25) is 4.79 Å². The Morgan fingerprint density at radius 3 is 3.06 bits per heavy atom. The van der Waals surface area contributed by atoms with Crippen molar-refractivity contribution in [3.63, 3.8) is 0 Å². The largest absolute Gasteiger partial charge is 0.345 e. The van der Waals surface area contributed by atoms with Crippen LogP contribution in [0.25, 0.3) is 0 Å². The van der Waals surface area contributed by atoms with Gasteiger partial charge >= 0.3 is 0 Å². The molecule has 17 heavy (non-hydrogen) atoms. The molecule has 0 saturated heterocycles. The third-order valence-electron chi connectivity index (χ3n) is 3.00. The Labute approximate surface area is 103 Å². The molecule has 2 aliphatic rings. The van der Waals surface area contributed by atoms with Gasteiger partial charge in [0.2, 0.25) is 5.91 Å². The zero-order valence-corrected chi connectivity index (χ0v) is 9.70. The highest BCUT2D eigenvalue weighted by molar-refractivity contribution is 6.35. The fourth-order valence-corrected chi connectivity index (χ4v) is 2.53. The average molecular weight is 252 g/mol. The van der Waals surface area contributed by atoms with E-state index in [-0.39, 0.29) is 5.91 Å². The van der Waals surface area contributed by atoms with Crippen molar-refractivity contribution in [3.05, 3.63) is 17.2 Å². The van der Waals surface area contributed by atoms with Crippen LogP contribution < -0.4 is 15.1 Å². The second-order valence-electron chi connectivity index (χ2n) is 4.07. The molecule has 1 amide bonds. The second-order valence-corrected chi connectivity index (χ2v) is 4.47. The number of carbonyl (C=O) groups excluding carboxylic acids is 2. The summed E-state index contributed by atoms with van der Waals surface area (Å²) in [6.45, 7) is 1.17. The third-order valence-corrected chi connectivity index (χ3v) is 3.31. The molecule has 0 spiro atoms. The van der Waals surface area contributed by atoms with Gasteiger partial charge in [0.25, 0.3) is 0 Å². The van der Waals surface area contributed by atoms with Crippen LogP contribution in [0.3, 0.4) is 0 Å². The van der Waals surface area contributed by atoms with Crippen molar-refractivity contribution in [2.24, 2.45) is 0 Å². The van der Waals surface area contributed by atoms with E-state index in [1.807, 2.05) is 15.9 Å². The van der Waals surface area contributed by atoms with Gasteiger partial charge in [-0.05, 0) is 12.1 Å². The van der Waals surface area contributed by atoms with Crippen molar-refractivity contribution in [3.8, 4) is 0 Å². The first-order valence-corrected chi connectivity index (χ1v) is 5.64. The minimum absolute atomic E-state index is 0.0792. The van der Waals surface area contributed by atoms with E-state index in [9.17, 15) is 9.59 Å². The molecule has 1 aromatic carbocycles. The van der Waals surface area contributed by atoms with Gasteiger partial charge in [-0.25, -0.2) is 0 Å². The molecule has 0 aliphatic carbocycles. The Hall–Kier alpha value is -1.75. The van der Waals surface area contributed by atoms with Crippen LogP contribution in [-0.2, 0) is 9.59 Å². The van der Waals surface area contributed by atoms with Crippen molar-refractivity contribution < 1.29 is 9.59 Å². The summed E-state index contributed by atoms with van der Waals surface area (Å²) in [4.78, 5) is 26.0. The number of anilines is 3. The van der Waals surface area contributed by atoms with Crippen molar-refractivity contribution in [2.45, 2.75) is 0 Å². The number of amides is 1. The molecule has 0 fully saturated rings. The summed E-state index contributed by atoms with van der Waals surface area (Å²) in [5.74, 6) is -0.0792. The van der Waals surface area contributed by atoms with Gasteiger partial charge < -0.3 is 19.9 Å². The van der Waals surface area contributed by atoms with Crippen LogP contribution in [0.2, 0.25) is 5.02 Å². The molecule has 5 nitrogen and oxygen atoms in total. The molecule has 0 bridgehead atoms. The molecule has 2 heterocycles. The molecule has 0 radical (unpaired) electrons.